The topological polar surface area (TPSA) is 20.2 Å². The summed E-state index contributed by atoms with van der Waals surface area (Å²) in [6.07, 6.45) is 15.5. The number of fused-ring (bicyclic) bond motifs is 7. The van der Waals surface area contributed by atoms with Gasteiger partial charge in [0.05, 0.1) is 5.60 Å². The van der Waals surface area contributed by atoms with E-state index in [0.717, 1.165) is 23.7 Å². The first-order valence-electron chi connectivity index (χ1n) is 13.9. The average molecular weight is 429 g/mol. The zero-order chi connectivity index (χ0) is 22.7. The summed E-state index contributed by atoms with van der Waals surface area (Å²) < 4.78 is 0. The van der Waals surface area contributed by atoms with E-state index in [4.69, 9.17) is 0 Å². The maximum absolute atomic E-state index is 11.0. The van der Waals surface area contributed by atoms with Gasteiger partial charge >= 0.3 is 0 Å². The first-order valence-corrected chi connectivity index (χ1v) is 13.9. The van der Waals surface area contributed by atoms with Gasteiger partial charge in [0.2, 0.25) is 0 Å². The predicted octanol–water partition coefficient (Wildman–Crippen LogP) is 8.25. The Labute approximate surface area is 193 Å². The molecular weight excluding hydrogens is 376 g/mol. The zero-order valence-electron chi connectivity index (χ0n) is 22.1. The van der Waals surface area contributed by atoms with E-state index in [-0.39, 0.29) is 0 Å². The molecule has 5 aliphatic rings. The number of rotatable bonds is 1. The van der Waals surface area contributed by atoms with Gasteiger partial charge in [0.25, 0.3) is 0 Å². The van der Waals surface area contributed by atoms with Crippen LogP contribution in [0, 0.1) is 56.7 Å². The Bertz CT molecular complexity index is 731. The highest BCUT2D eigenvalue weighted by molar-refractivity contribution is 5.19. The Kier molecular flexibility index (Phi) is 4.80. The first-order chi connectivity index (χ1) is 14.2. The monoisotopic (exact) mass is 428 g/mol. The van der Waals surface area contributed by atoms with Crippen molar-refractivity contribution < 1.29 is 5.11 Å². The smallest absolute Gasteiger partial charge is 0.0622 e. The number of hydrogen-bond donors (Lipinski definition) is 1. The van der Waals surface area contributed by atoms with Gasteiger partial charge in [-0.25, -0.2) is 0 Å². The van der Waals surface area contributed by atoms with Gasteiger partial charge in [-0.2, -0.15) is 0 Å². The molecule has 0 aromatic rings. The molecule has 0 aromatic heterocycles. The molecule has 1 heteroatoms. The molecule has 0 saturated heterocycles. The van der Waals surface area contributed by atoms with Crippen molar-refractivity contribution in [3.05, 3.63) is 0 Å². The third kappa shape index (κ3) is 2.77. The number of hydrogen-bond acceptors (Lipinski definition) is 1. The van der Waals surface area contributed by atoms with Crippen molar-refractivity contribution in [1.82, 2.24) is 0 Å². The fourth-order valence-electron chi connectivity index (χ4n) is 12.1. The van der Waals surface area contributed by atoms with Crippen molar-refractivity contribution >= 4 is 0 Å². The molecule has 5 rings (SSSR count). The summed E-state index contributed by atoms with van der Waals surface area (Å²) in [5, 5.41) is 11.0. The van der Waals surface area contributed by atoms with Gasteiger partial charge in [0.15, 0.2) is 0 Å². The minimum Gasteiger partial charge on any atom is -0.390 e. The Morgan fingerprint density at radius 2 is 1.19 bits per heavy atom. The molecular formula is C30H52O. The molecule has 9 atom stereocenters. The third-order valence-corrected chi connectivity index (χ3v) is 13.6. The van der Waals surface area contributed by atoms with E-state index >= 15 is 0 Å². The van der Waals surface area contributed by atoms with Gasteiger partial charge in [-0.3, -0.25) is 0 Å². The molecule has 1 nitrogen and oxygen atoms in total. The van der Waals surface area contributed by atoms with Crippen LogP contribution >= 0.6 is 0 Å². The van der Waals surface area contributed by atoms with Crippen molar-refractivity contribution in [1.29, 1.82) is 0 Å². The quantitative estimate of drug-likeness (QED) is 0.445. The Balaban J connectivity index is 1.52. The van der Waals surface area contributed by atoms with Crippen molar-refractivity contribution in [2.75, 3.05) is 0 Å². The van der Waals surface area contributed by atoms with Crippen LogP contribution in [0.15, 0.2) is 0 Å². The maximum atomic E-state index is 11.0. The van der Waals surface area contributed by atoms with Crippen molar-refractivity contribution in [2.45, 2.75) is 132 Å². The lowest BCUT2D eigenvalue weighted by Gasteiger charge is -2.73. The van der Waals surface area contributed by atoms with Crippen molar-refractivity contribution in [2.24, 2.45) is 56.7 Å². The second kappa shape index (κ2) is 6.55. The molecule has 178 valence electrons. The highest BCUT2D eigenvalue weighted by Crippen LogP contribution is 2.78. The van der Waals surface area contributed by atoms with E-state index < -0.39 is 5.60 Å². The first kappa shape index (κ1) is 22.7. The standard InChI is InChI=1S/C30H52O/c1-25(2)15-9-16-28(6)22(25)14-19-30(8)24(28)11-10-23-27(5)17-12-20(26(3,4)31)21(27)13-18-29(23,30)7/h20-24,31H,9-19H2,1-8H3/t20-,21-,22?,23+,24+,27-,28-,29+,30+/m0/s1. The highest BCUT2D eigenvalue weighted by Gasteiger charge is 2.70. The molecule has 5 saturated carbocycles. The van der Waals surface area contributed by atoms with Crippen LogP contribution in [-0.4, -0.2) is 10.7 Å². The molecule has 1 N–H and O–H groups in total. The van der Waals surface area contributed by atoms with Gasteiger partial charge in [0.1, 0.15) is 0 Å². The van der Waals surface area contributed by atoms with Crippen LogP contribution in [0.2, 0.25) is 0 Å². The predicted molar refractivity (Wildman–Crippen MR) is 131 cm³/mol. The van der Waals surface area contributed by atoms with Gasteiger partial charge in [-0.1, -0.05) is 48.0 Å². The fourth-order valence-corrected chi connectivity index (χ4v) is 12.1. The van der Waals surface area contributed by atoms with Gasteiger partial charge in [0, 0.05) is 0 Å². The van der Waals surface area contributed by atoms with Gasteiger partial charge < -0.3 is 5.11 Å². The molecule has 5 aliphatic carbocycles. The van der Waals surface area contributed by atoms with Crippen LogP contribution in [0.25, 0.3) is 0 Å². The summed E-state index contributed by atoms with van der Waals surface area (Å²) in [6, 6.07) is 0. The molecule has 0 amide bonds. The normalized spacial score (nSPS) is 56.2. The van der Waals surface area contributed by atoms with Crippen molar-refractivity contribution in [3.8, 4) is 0 Å². The minimum absolute atomic E-state index is 0.440. The average Bonchev–Trinajstić information content (AvgIpc) is 2.99. The minimum atomic E-state index is -0.517. The van der Waals surface area contributed by atoms with Crippen LogP contribution in [0.3, 0.4) is 0 Å². The van der Waals surface area contributed by atoms with E-state index in [0.29, 0.717) is 33.0 Å². The zero-order valence-corrected chi connectivity index (χ0v) is 22.1. The maximum Gasteiger partial charge on any atom is 0.0622 e. The van der Waals surface area contributed by atoms with Crippen LogP contribution < -0.4 is 0 Å². The molecule has 0 bridgehead atoms. The lowest BCUT2D eigenvalue weighted by atomic mass is 9.32. The van der Waals surface area contributed by atoms with Gasteiger partial charge in [-0.15, -0.1) is 0 Å². The van der Waals surface area contributed by atoms with E-state index in [1.807, 2.05) is 0 Å². The molecule has 0 spiro atoms. The number of aliphatic hydroxyl groups is 1. The van der Waals surface area contributed by atoms with Crippen LogP contribution in [0.4, 0.5) is 0 Å². The summed E-state index contributed by atoms with van der Waals surface area (Å²) in [6.45, 7) is 20.3. The summed E-state index contributed by atoms with van der Waals surface area (Å²) in [5.74, 6) is 3.91. The second-order valence-electron chi connectivity index (χ2n) is 15.4. The summed E-state index contributed by atoms with van der Waals surface area (Å²) in [7, 11) is 0. The molecule has 31 heavy (non-hydrogen) atoms. The highest BCUT2D eigenvalue weighted by atomic mass is 16.3. The van der Waals surface area contributed by atoms with Gasteiger partial charge in [-0.05, 0) is 135 Å². The molecule has 0 aliphatic heterocycles. The third-order valence-electron chi connectivity index (χ3n) is 13.6. The van der Waals surface area contributed by atoms with E-state index in [1.54, 1.807) is 0 Å². The Morgan fingerprint density at radius 1 is 0.613 bits per heavy atom. The van der Waals surface area contributed by atoms with Crippen LogP contribution in [0.5, 0.6) is 0 Å². The lowest BCUT2D eigenvalue weighted by Crippen LogP contribution is -2.66. The molecule has 0 radical (unpaired) electrons. The fraction of sp³-hybridized carbons (Fsp3) is 1.00. The Morgan fingerprint density at radius 3 is 1.81 bits per heavy atom. The lowest BCUT2D eigenvalue weighted by molar-refractivity contribution is -0.243. The Hall–Kier alpha value is -0.0400. The van der Waals surface area contributed by atoms with E-state index in [1.165, 1.54) is 70.6 Å². The second-order valence-corrected chi connectivity index (χ2v) is 15.4. The molecule has 1 unspecified atom stereocenters. The largest absolute Gasteiger partial charge is 0.390 e. The molecule has 0 aromatic carbocycles. The van der Waals surface area contributed by atoms with E-state index in [9.17, 15) is 5.11 Å². The van der Waals surface area contributed by atoms with Crippen LogP contribution in [0.1, 0.15) is 126 Å². The molecule has 5 fully saturated rings. The van der Waals surface area contributed by atoms with Crippen LogP contribution in [-0.2, 0) is 0 Å². The van der Waals surface area contributed by atoms with E-state index in [2.05, 4.69) is 55.4 Å². The summed E-state index contributed by atoms with van der Waals surface area (Å²) in [4.78, 5) is 0. The SMILES string of the molecule is CC1(C)CCC[C@@]2(C)C1CC[C@]1(C)[C@@H]2CC[C@@H]2[C@@]3(C)CC[C@H](C(C)(C)O)[C@@H]3CC[C@]21C. The summed E-state index contributed by atoms with van der Waals surface area (Å²) in [5.41, 5.74) is 1.97. The summed E-state index contributed by atoms with van der Waals surface area (Å²) >= 11 is 0. The molecule has 0 heterocycles. The van der Waals surface area contributed by atoms with Crippen molar-refractivity contribution in [3.63, 3.8) is 0 Å².